The summed E-state index contributed by atoms with van der Waals surface area (Å²) < 4.78 is 93.1. The molecule has 29 heavy (non-hydrogen) atoms. The van der Waals surface area contributed by atoms with Crippen molar-refractivity contribution in [3.8, 4) is 16.9 Å². The van der Waals surface area contributed by atoms with Gasteiger partial charge >= 0.3 is 21.9 Å². The molecule has 1 aromatic carbocycles. The number of hydrogen-bond donors (Lipinski definition) is 0. The van der Waals surface area contributed by atoms with Gasteiger partial charge in [-0.1, -0.05) is 13.0 Å². The van der Waals surface area contributed by atoms with Crippen molar-refractivity contribution in [1.82, 2.24) is 9.78 Å². The van der Waals surface area contributed by atoms with Crippen molar-refractivity contribution in [2.24, 2.45) is 7.05 Å². The molecule has 1 heterocycles. The Morgan fingerprint density at radius 2 is 1.76 bits per heavy atom. The molecule has 1 aromatic heterocycles. The molecule has 2 rings (SSSR count). The van der Waals surface area contributed by atoms with E-state index >= 15 is 0 Å². The summed E-state index contributed by atoms with van der Waals surface area (Å²) in [7, 11) is -7.20. The Kier molecular flexibility index (Phi) is 6.14. The van der Waals surface area contributed by atoms with Crippen molar-refractivity contribution in [3.05, 3.63) is 40.3 Å². The highest BCUT2D eigenvalue weighted by atomic mass is 32.2. The van der Waals surface area contributed by atoms with E-state index in [1.165, 1.54) is 7.05 Å². The van der Waals surface area contributed by atoms with Crippen LogP contribution in [-0.2, 0) is 33.2 Å². The maximum Gasteiger partial charge on any atom is 0.416 e. The van der Waals surface area contributed by atoms with E-state index in [0.29, 0.717) is 18.4 Å². The molecule has 0 fully saturated rings. The van der Waals surface area contributed by atoms with Crippen molar-refractivity contribution in [2.75, 3.05) is 12.0 Å². The molecule has 13 heteroatoms. The first-order valence-electron chi connectivity index (χ1n) is 8.07. The summed E-state index contributed by atoms with van der Waals surface area (Å²) in [4.78, 5) is 11.7. The molecule has 8 nitrogen and oxygen atoms in total. The zero-order valence-corrected chi connectivity index (χ0v) is 17.2. The van der Waals surface area contributed by atoms with E-state index in [2.05, 4.69) is 5.10 Å². The first kappa shape index (κ1) is 22.9. The van der Waals surface area contributed by atoms with E-state index < -0.39 is 53.7 Å². The van der Waals surface area contributed by atoms with Crippen LogP contribution in [0.25, 0.3) is 11.1 Å². The van der Waals surface area contributed by atoms with Gasteiger partial charge in [0.05, 0.1) is 28.0 Å². The van der Waals surface area contributed by atoms with E-state index in [-0.39, 0.29) is 17.5 Å². The van der Waals surface area contributed by atoms with Gasteiger partial charge in [0.25, 0.3) is 0 Å². The molecule has 0 atom stereocenters. The minimum Gasteiger partial charge on any atom is -0.376 e. The lowest BCUT2D eigenvalue weighted by molar-refractivity contribution is -0.137. The van der Waals surface area contributed by atoms with Gasteiger partial charge in [-0.3, -0.25) is 4.79 Å². The standard InChI is InChI=1S/C16H17F3N2O6S2/c1-4-7-29(25,26)27-14-12(9-20-21(2)15(14)22)11-6-5-10(16(17,18)19)8-13(11)28(3,23)24/h5-6,8-9H,4,7H2,1-3H3. The summed E-state index contributed by atoms with van der Waals surface area (Å²) in [5.41, 5.74) is -2.92. The fourth-order valence-corrected chi connectivity index (χ4v) is 4.35. The average molecular weight is 454 g/mol. The zero-order valence-electron chi connectivity index (χ0n) is 15.5. The number of sulfone groups is 1. The van der Waals surface area contributed by atoms with Gasteiger partial charge in [-0.25, -0.2) is 13.1 Å². The topological polar surface area (TPSA) is 112 Å². The molecule has 0 spiro atoms. The second kappa shape index (κ2) is 7.78. The first-order chi connectivity index (χ1) is 13.2. The zero-order chi connectivity index (χ0) is 22.2. The van der Waals surface area contributed by atoms with E-state index in [9.17, 15) is 34.8 Å². The Balaban J connectivity index is 2.85. The average Bonchev–Trinajstić information content (AvgIpc) is 2.57. The van der Waals surface area contributed by atoms with Crippen LogP contribution in [0.5, 0.6) is 5.75 Å². The molecule has 160 valence electrons. The van der Waals surface area contributed by atoms with Crippen molar-refractivity contribution in [3.63, 3.8) is 0 Å². The van der Waals surface area contributed by atoms with Crippen LogP contribution < -0.4 is 9.74 Å². The van der Waals surface area contributed by atoms with Gasteiger partial charge in [-0.2, -0.15) is 26.7 Å². The second-order valence-electron chi connectivity index (χ2n) is 6.14. The molecule has 0 amide bonds. The monoisotopic (exact) mass is 454 g/mol. The van der Waals surface area contributed by atoms with Gasteiger partial charge in [0, 0.05) is 18.9 Å². The predicted octanol–water partition coefficient (Wildman–Crippen LogP) is 1.99. The summed E-state index contributed by atoms with van der Waals surface area (Å²) in [6.45, 7) is 1.56. The Morgan fingerprint density at radius 1 is 1.14 bits per heavy atom. The molecule has 0 saturated carbocycles. The normalized spacial score (nSPS) is 12.8. The molecule has 2 aromatic rings. The number of hydrogen-bond acceptors (Lipinski definition) is 7. The smallest absolute Gasteiger partial charge is 0.376 e. The SMILES string of the molecule is CCCS(=O)(=O)Oc1c(-c2ccc(C(F)(F)F)cc2S(C)(=O)=O)cnn(C)c1=O. The Morgan fingerprint density at radius 3 is 2.28 bits per heavy atom. The van der Waals surface area contributed by atoms with Crippen molar-refractivity contribution in [1.29, 1.82) is 0 Å². The number of rotatable bonds is 6. The molecular formula is C16H17F3N2O6S2. The maximum absolute atomic E-state index is 13.0. The van der Waals surface area contributed by atoms with Crippen LogP contribution in [0, 0.1) is 0 Å². The number of alkyl halides is 3. The maximum atomic E-state index is 13.0. The van der Waals surface area contributed by atoms with E-state index in [4.69, 9.17) is 4.18 Å². The number of halogens is 3. The summed E-state index contributed by atoms with van der Waals surface area (Å²) in [5, 5.41) is 3.70. The van der Waals surface area contributed by atoms with Crippen molar-refractivity contribution in [2.45, 2.75) is 24.4 Å². The predicted molar refractivity (Wildman–Crippen MR) is 97.7 cm³/mol. The van der Waals surface area contributed by atoms with Crippen LogP contribution in [0.3, 0.4) is 0 Å². The molecule has 0 aliphatic rings. The molecule has 0 aliphatic heterocycles. The minimum atomic E-state index is -4.81. The van der Waals surface area contributed by atoms with Gasteiger partial charge in [0.2, 0.25) is 5.75 Å². The van der Waals surface area contributed by atoms with E-state index in [0.717, 1.165) is 16.9 Å². The van der Waals surface area contributed by atoms with E-state index in [1.807, 2.05) is 0 Å². The molecule has 0 aliphatic carbocycles. The first-order valence-corrected chi connectivity index (χ1v) is 11.5. The Hall–Kier alpha value is -2.41. The molecular weight excluding hydrogens is 437 g/mol. The largest absolute Gasteiger partial charge is 0.416 e. The van der Waals surface area contributed by atoms with Gasteiger partial charge in [0.15, 0.2) is 9.84 Å². The Labute approximate surface area is 165 Å². The Bertz CT molecular complexity index is 1200. The minimum absolute atomic E-state index is 0.179. The fraction of sp³-hybridized carbons (Fsp3) is 0.375. The highest BCUT2D eigenvalue weighted by Gasteiger charge is 2.33. The van der Waals surface area contributed by atoms with Crippen LogP contribution in [0.1, 0.15) is 18.9 Å². The number of aromatic nitrogens is 2. The van der Waals surface area contributed by atoms with Crippen LogP contribution >= 0.6 is 0 Å². The summed E-state index contributed by atoms with van der Waals surface area (Å²) in [6, 6.07) is 1.85. The highest BCUT2D eigenvalue weighted by Crippen LogP contribution is 2.37. The van der Waals surface area contributed by atoms with Crippen LogP contribution in [0.2, 0.25) is 0 Å². The van der Waals surface area contributed by atoms with E-state index in [1.54, 1.807) is 6.92 Å². The second-order valence-corrected chi connectivity index (χ2v) is 9.82. The van der Waals surface area contributed by atoms with Gasteiger partial charge in [0.1, 0.15) is 0 Å². The van der Waals surface area contributed by atoms with Crippen molar-refractivity contribution >= 4 is 20.0 Å². The van der Waals surface area contributed by atoms with Crippen LogP contribution in [-0.4, -0.2) is 38.6 Å². The van der Waals surface area contributed by atoms with Crippen molar-refractivity contribution < 1.29 is 34.2 Å². The van der Waals surface area contributed by atoms with Crippen LogP contribution in [0.4, 0.5) is 13.2 Å². The molecule has 0 bridgehead atoms. The fourth-order valence-electron chi connectivity index (χ4n) is 2.44. The lowest BCUT2D eigenvalue weighted by atomic mass is 10.0. The van der Waals surface area contributed by atoms with Crippen LogP contribution in [0.15, 0.2) is 34.1 Å². The molecule has 0 radical (unpaired) electrons. The van der Waals surface area contributed by atoms with Gasteiger partial charge < -0.3 is 4.18 Å². The molecule has 0 saturated heterocycles. The number of nitrogens with zero attached hydrogens (tertiary/aromatic N) is 2. The quantitative estimate of drug-likeness (QED) is 0.614. The lowest BCUT2D eigenvalue weighted by Crippen LogP contribution is -2.25. The summed E-state index contributed by atoms with van der Waals surface area (Å²) in [5.74, 6) is -1.18. The number of aryl methyl sites for hydroxylation is 1. The highest BCUT2D eigenvalue weighted by molar-refractivity contribution is 7.90. The summed E-state index contributed by atoms with van der Waals surface area (Å²) in [6.07, 6.45) is -2.99. The molecule has 0 N–H and O–H groups in total. The third-order valence-electron chi connectivity index (χ3n) is 3.76. The lowest BCUT2D eigenvalue weighted by Gasteiger charge is -2.15. The van der Waals surface area contributed by atoms with Gasteiger partial charge in [-0.05, 0) is 18.6 Å². The third kappa shape index (κ3) is 5.15. The molecule has 0 unspecified atom stereocenters. The number of benzene rings is 1. The summed E-state index contributed by atoms with van der Waals surface area (Å²) >= 11 is 0. The third-order valence-corrected chi connectivity index (χ3v) is 6.22. The van der Waals surface area contributed by atoms with Gasteiger partial charge in [-0.15, -0.1) is 0 Å².